The summed E-state index contributed by atoms with van der Waals surface area (Å²) in [5.74, 6) is -0.147. The molecule has 2 aliphatic rings. The van der Waals surface area contributed by atoms with E-state index in [9.17, 15) is 9.59 Å². The third-order valence-corrected chi connectivity index (χ3v) is 3.16. The molecule has 1 aliphatic heterocycles. The summed E-state index contributed by atoms with van der Waals surface area (Å²) in [6.45, 7) is 0. The monoisotopic (exact) mass is 195 g/mol. The first-order valence-corrected chi connectivity index (χ1v) is 4.78. The van der Waals surface area contributed by atoms with E-state index in [1.165, 1.54) is 23.8 Å². The third-order valence-electron chi connectivity index (χ3n) is 1.65. The second-order valence-corrected chi connectivity index (χ2v) is 4.14. The number of rotatable bonds is 0. The molecule has 1 atom stereocenters. The lowest BCUT2D eigenvalue weighted by Crippen LogP contribution is -2.05. The van der Waals surface area contributed by atoms with Crippen molar-refractivity contribution in [3.8, 4) is 0 Å². The maximum absolute atomic E-state index is 10.9. The van der Waals surface area contributed by atoms with Crippen LogP contribution in [0.2, 0.25) is 0 Å². The Balaban J connectivity index is 2.54. The van der Waals surface area contributed by atoms with E-state index in [1.54, 1.807) is 0 Å². The molecule has 0 saturated carbocycles. The summed E-state index contributed by atoms with van der Waals surface area (Å²) in [6.07, 6.45) is 4.24. The Morgan fingerprint density at radius 3 is 2.92 bits per heavy atom. The van der Waals surface area contributed by atoms with Crippen LogP contribution in [0.5, 0.6) is 0 Å². The summed E-state index contributed by atoms with van der Waals surface area (Å²) in [5.41, 5.74) is 1.85. The molecule has 2 rings (SSSR count). The standard InChI is InChI=1S/C8H5NO3S/c10-5-1-2-7-6(3-5)9-4-13(7)8(11)12/h1-4H,(H,11,12). The second-order valence-electron chi connectivity index (χ2n) is 2.47. The van der Waals surface area contributed by atoms with Gasteiger partial charge in [-0.25, -0.2) is 9.79 Å². The number of fused-ring (bicyclic) bond motifs is 1. The van der Waals surface area contributed by atoms with E-state index < -0.39 is 15.8 Å². The summed E-state index contributed by atoms with van der Waals surface area (Å²) in [4.78, 5) is 26.1. The van der Waals surface area contributed by atoms with Crippen molar-refractivity contribution in [3.05, 3.63) is 23.9 Å². The van der Waals surface area contributed by atoms with Crippen molar-refractivity contribution in [1.82, 2.24) is 0 Å². The third kappa shape index (κ3) is 1.27. The van der Waals surface area contributed by atoms with Crippen LogP contribution in [0, 0.1) is 0 Å². The van der Waals surface area contributed by atoms with Crippen LogP contribution in [0.25, 0.3) is 0 Å². The maximum atomic E-state index is 10.9. The van der Waals surface area contributed by atoms with E-state index >= 15 is 0 Å². The predicted octanol–water partition coefficient (Wildman–Crippen LogP) is 1.17. The molecule has 1 unspecified atom stereocenters. The fourth-order valence-corrected chi connectivity index (χ4v) is 2.25. The molecule has 13 heavy (non-hydrogen) atoms. The molecule has 0 spiro atoms. The summed E-state index contributed by atoms with van der Waals surface area (Å²) in [5, 5.41) is 7.86. The largest absolute Gasteiger partial charge is 0.473 e. The number of allylic oxidation sites excluding steroid dienone is 3. The molecule has 5 heteroatoms. The minimum atomic E-state index is -0.976. The predicted molar refractivity (Wildman–Crippen MR) is 51.3 cm³/mol. The average Bonchev–Trinajstić information content (AvgIpc) is 2.46. The van der Waals surface area contributed by atoms with Crippen LogP contribution in [0.3, 0.4) is 0 Å². The lowest BCUT2D eigenvalue weighted by molar-refractivity contribution is -0.110. The highest BCUT2D eigenvalue weighted by molar-refractivity contribution is 8.38. The fourth-order valence-electron chi connectivity index (χ4n) is 1.09. The number of carbonyl (C=O) groups is 2. The minimum Gasteiger partial charge on any atom is -0.473 e. The van der Waals surface area contributed by atoms with Crippen molar-refractivity contribution in [1.29, 1.82) is 0 Å². The second kappa shape index (κ2) is 2.77. The van der Waals surface area contributed by atoms with Crippen molar-refractivity contribution < 1.29 is 14.7 Å². The number of ketones is 1. The van der Waals surface area contributed by atoms with Gasteiger partial charge in [-0.05, 0) is 22.6 Å². The molecule has 0 amide bonds. The molecular weight excluding hydrogens is 190 g/mol. The quantitative estimate of drug-likeness (QED) is 0.590. The van der Waals surface area contributed by atoms with Gasteiger partial charge in [0, 0.05) is 10.9 Å². The van der Waals surface area contributed by atoms with Crippen LogP contribution >= 0.6 is 10.5 Å². The van der Waals surface area contributed by atoms with Gasteiger partial charge in [0.15, 0.2) is 5.78 Å². The van der Waals surface area contributed by atoms with Crippen LogP contribution in [-0.4, -0.2) is 26.6 Å². The van der Waals surface area contributed by atoms with E-state index in [0.29, 0.717) is 10.6 Å². The molecule has 0 aromatic carbocycles. The number of hydrogen-bond acceptors (Lipinski definition) is 3. The van der Waals surface area contributed by atoms with Crippen molar-refractivity contribution in [3.63, 3.8) is 0 Å². The average molecular weight is 195 g/mol. The zero-order valence-electron chi connectivity index (χ0n) is 6.43. The van der Waals surface area contributed by atoms with Gasteiger partial charge < -0.3 is 5.11 Å². The molecule has 0 bridgehead atoms. The van der Waals surface area contributed by atoms with Crippen molar-refractivity contribution in [2.45, 2.75) is 0 Å². The summed E-state index contributed by atoms with van der Waals surface area (Å²) < 4.78 is 0. The van der Waals surface area contributed by atoms with Gasteiger partial charge in [-0.1, -0.05) is 0 Å². The number of nitrogens with zero attached hydrogens (tertiary/aromatic N) is 1. The summed E-state index contributed by atoms with van der Waals surface area (Å²) in [6, 6.07) is 0. The lowest BCUT2D eigenvalue weighted by atomic mass is 10.1. The number of carboxylic acid groups (broad SMARTS) is 1. The van der Waals surface area contributed by atoms with Crippen LogP contribution < -0.4 is 0 Å². The Morgan fingerprint density at radius 1 is 1.46 bits per heavy atom. The van der Waals surface area contributed by atoms with Gasteiger partial charge in [-0.3, -0.25) is 4.79 Å². The van der Waals surface area contributed by atoms with Gasteiger partial charge in [0.05, 0.1) is 11.2 Å². The maximum Gasteiger partial charge on any atom is 0.365 e. The zero-order chi connectivity index (χ0) is 9.42. The lowest BCUT2D eigenvalue weighted by Gasteiger charge is -2.02. The molecule has 1 N–H and O–H groups in total. The first-order valence-electron chi connectivity index (χ1n) is 3.50. The Bertz CT molecular complexity index is 429. The SMILES string of the molecule is O=C1C=CC2=S(C(=O)O)C=NC2=C1. The highest BCUT2D eigenvalue weighted by Gasteiger charge is 2.20. The van der Waals surface area contributed by atoms with Gasteiger partial charge in [0.1, 0.15) is 0 Å². The highest BCUT2D eigenvalue weighted by Crippen LogP contribution is 2.27. The van der Waals surface area contributed by atoms with E-state index in [1.807, 2.05) is 0 Å². The number of aliphatic imine (C=N–C) groups is 1. The molecule has 0 aromatic heterocycles. The minimum absolute atomic E-state index is 0.147. The molecule has 1 aliphatic carbocycles. The van der Waals surface area contributed by atoms with E-state index in [-0.39, 0.29) is 5.78 Å². The van der Waals surface area contributed by atoms with Gasteiger partial charge in [0.25, 0.3) is 0 Å². The summed E-state index contributed by atoms with van der Waals surface area (Å²) in [7, 11) is -0.976. The van der Waals surface area contributed by atoms with Gasteiger partial charge in [0.2, 0.25) is 0 Å². The Morgan fingerprint density at radius 2 is 2.23 bits per heavy atom. The fraction of sp³-hybridized carbons (Fsp3) is 0. The Hall–Kier alpha value is -1.49. The molecular formula is C8H5NO3S. The van der Waals surface area contributed by atoms with E-state index in [2.05, 4.69) is 4.99 Å². The van der Waals surface area contributed by atoms with Crippen molar-refractivity contribution in [2.75, 3.05) is 0 Å². The molecule has 1 heterocycles. The van der Waals surface area contributed by atoms with Crippen LogP contribution in [-0.2, 0) is 4.79 Å². The van der Waals surface area contributed by atoms with Crippen LogP contribution in [0.1, 0.15) is 0 Å². The smallest absolute Gasteiger partial charge is 0.365 e. The van der Waals surface area contributed by atoms with Crippen molar-refractivity contribution >= 4 is 32.0 Å². The normalized spacial score (nSPS) is 24.6. The molecule has 0 saturated heterocycles. The van der Waals surface area contributed by atoms with E-state index in [0.717, 1.165) is 0 Å². The molecule has 0 radical (unpaired) electrons. The number of hydrogen-bond donors (Lipinski definition) is 1. The highest BCUT2D eigenvalue weighted by atomic mass is 32.2. The number of carbonyl (C=O) groups excluding carboxylic acids is 1. The van der Waals surface area contributed by atoms with Gasteiger partial charge >= 0.3 is 5.30 Å². The Labute approximate surface area is 76.2 Å². The molecule has 66 valence electrons. The van der Waals surface area contributed by atoms with Crippen LogP contribution in [0.4, 0.5) is 4.79 Å². The first kappa shape index (κ1) is 8.12. The van der Waals surface area contributed by atoms with Crippen LogP contribution in [0.15, 0.2) is 28.9 Å². The Kier molecular flexibility index (Phi) is 1.73. The topological polar surface area (TPSA) is 66.7 Å². The summed E-state index contributed by atoms with van der Waals surface area (Å²) >= 11 is 0. The zero-order valence-corrected chi connectivity index (χ0v) is 7.25. The van der Waals surface area contributed by atoms with Crippen molar-refractivity contribution in [2.24, 2.45) is 4.99 Å². The molecule has 0 fully saturated rings. The van der Waals surface area contributed by atoms with Gasteiger partial charge in [-0.2, -0.15) is 0 Å². The molecule has 4 nitrogen and oxygen atoms in total. The van der Waals surface area contributed by atoms with E-state index in [4.69, 9.17) is 5.11 Å². The molecule has 0 aromatic rings. The first-order chi connectivity index (χ1) is 6.18. The van der Waals surface area contributed by atoms with Gasteiger partial charge in [-0.15, -0.1) is 0 Å².